The van der Waals surface area contributed by atoms with E-state index < -0.39 is 24.0 Å². The van der Waals surface area contributed by atoms with Crippen LogP contribution < -0.4 is 5.32 Å². The molecule has 3 unspecified atom stereocenters. The molecule has 20 heavy (non-hydrogen) atoms. The van der Waals surface area contributed by atoms with Gasteiger partial charge in [-0.25, -0.2) is 0 Å². The van der Waals surface area contributed by atoms with Gasteiger partial charge >= 0.3 is 11.9 Å². The van der Waals surface area contributed by atoms with Crippen LogP contribution in [0.15, 0.2) is 30.3 Å². The summed E-state index contributed by atoms with van der Waals surface area (Å²) >= 11 is 0. The molecule has 110 valence electrons. The highest BCUT2D eigenvalue weighted by atomic mass is 35.5. The molecule has 1 aliphatic heterocycles. The summed E-state index contributed by atoms with van der Waals surface area (Å²) in [6, 6.07) is 8.12. The Labute approximate surface area is 123 Å². The van der Waals surface area contributed by atoms with Gasteiger partial charge in [0.2, 0.25) is 0 Å². The largest absolute Gasteiger partial charge is 0.480 e. The van der Waals surface area contributed by atoms with Gasteiger partial charge in [0.1, 0.15) is 12.1 Å². The number of carbonyl (C=O) groups is 2. The van der Waals surface area contributed by atoms with Crippen molar-refractivity contribution >= 4 is 24.3 Å². The van der Waals surface area contributed by atoms with E-state index in [-0.39, 0.29) is 18.3 Å². The van der Waals surface area contributed by atoms with Gasteiger partial charge < -0.3 is 10.2 Å². The molecule has 0 bridgehead atoms. The quantitative estimate of drug-likeness (QED) is 0.785. The zero-order valence-corrected chi connectivity index (χ0v) is 11.7. The van der Waals surface area contributed by atoms with E-state index in [1.54, 1.807) is 0 Å². The molecule has 1 heterocycles. The maximum absolute atomic E-state index is 11.3. The van der Waals surface area contributed by atoms with E-state index in [1.165, 1.54) is 0 Å². The first-order valence-electron chi connectivity index (χ1n) is 6.33. The first kappa shape index (κ1) is 16.5. The Kier molecular flexibility index (Phi) is 5.98. The van der Waals surface area contributed by atoms with Crippen molar-refractivity contribution in [3.05, 3.63) is 35.9 Å². The lowest BCUT2D eigenvalue weighted by molar-refractivity contribution is -0.145. The predicted octanol–water partition coefficient (Wildman–Crippen LogP) is 1.56. The highest BCUT2D eigenvalue weighted by molar-refractivity contribution is 5.85. The van der Waals surface area contributed by atoms with Crippen LogP contribution in [-0.2, 0) is 16.0 Å². The Morgan fingerprint density at radius 3 is 2.30 bits per heavy atom. The average Bonchev–Trinajstić information content (AvgIpc) is 2.39. The van der Waals surface area contributed by atoms with E-state index in [0.29, 0.717) is 19.3 Å². The van der Waals surface area contributed by atoms with Gasteiger partial charge in [0.25, 0.3) is 0 Å². The molecule has 6 heteroatoms. The molecule has 1 aromatic carbocycles. The molecule has 0 saturated carbocycles. The standard InChI is InChI=1S/C14H17NO4.ClH/c16-13(17)11-7-6-10(12(15-11)14(18)19)8-9-4-2-1-3-5-9;/h1-5,10-12,15H,6-8H2,(H,16,17)(H,18,19);1H. The van der Waals surface area contributed by atoms with Crippen LogP contribution in [0, 0.1) is 5.92 Å². The molecular weight excluding hydrogens is 282 g/mol. The molecule has 2 rings (SSSR count). The minimum absolute atomic E-state index is 0. The summed E-state index contributed by atoms with van der Waals surface area (Å²) in [6.45, 7) is 0. The van der Waals surface area contributed by atoms with Crippen LogP contribution in [-0.4, -0.2) is 34.2 Å². The highest BCUT2D eigenvalue weighted by Gasteiger charge is 2.37. The average molecular weight is 300 g/mol. The van der Waals surface area contributed by atoms with E-state index in [4.69, 9.17) is 5.11 Å². The summed E-state index contributed by atoms with van der Waals surface area (Å²) < 4.78 is 0. The molecule has 1 saturated heterocycles. The fourth-order valence-electron chi connectivity index (χ4n) is 2.59. The van der Waals surface area contributed by atoms with E-state index in [0.717, 1.165) is 5.56 Å². The third kappa shape index (κ3) is 3.95. The van der Waals surface area contributed by atoms with Gasteiger partial charge in [0.15, 0.2) is 0 Å². The minimum atomic E-state index is -0.982. The molecule has 0 amide bonds. The number of carboxylic acid groups (broad SMARTS) is 2. The van der Waals surface area contributed by atoms with Crippen molar-refractivity contribution in [2.24, 2.45) is 5.92 Å². The first-order valence-corrected chi connectivity index (χ1v) is 6.33. The number of benzene rings is 1. The number of hydrogen-bond acceptors (Lipinski definition) is 3. The van der Waals surface area contributed by atoms with Gasteiger partial charge in [-0.3, -0.25) is 14.9 Å². The van der Waals surface area contributed by atoms with Crippen molar-refractivity contribution in [1.29, 1.82) is 0 Å². The lowest BCUT2D eigenvalue weighted by atomic mass is 9.83. The van der Waals surface area contributed by atoms with E-state index in [2.05, 4.69) is 5.32 Å². The Balaban J connectivity index is 0.00000200. The molecule has 3 N–H and O–H groups in total. The van der Waals surface area contributed by atoms with Gasteiger partial charge in [0.05, 0.1) is 0 Å². The molecule has 1 aliphatic rings. The van der Waals surface area contributed by atoms with Crippen molar-refractivity contribution in [1.82, 2.24) is 5.32 Å². The zero-order valence-electron chi connectivity index (χ0n) is 10.9. The highest BCUT2D eigenvalue weighted by Crippen LogP contribution is 2.24. The van der Waals surface area contributed by atoms with Crippen molar-refractivity contribution in [3.8, 4) is 0 Å². The fraction of sp³-hybridized carbons (Fsp3) is 0.429. The molecule has 1 aromatic rings. The monoisotopic (exact) mass is 299 g/mol. The smallest absolute Gasteiger partial charge is 0.321 e. The van der Waals surface area contributed by atoms with E-state index >= 15 is 0 Å². The normalized spacial score (nSPS) is 25.5. The summed E-state index contributed by atoms with van der Waals surface area (Å²) in [6.07, 6.45) is 1.73. The third-order valence-corrected chi connectivity index (χ3v) is 3.58. The lowest BCUT2D eigenvalue weighted by Gasteiger charge is -2.33. The van der Waals surface area contributed by atoms with E-state index in [1.807, 2.05) is 30.3 Å². The zero-order chi connectivity index (χ0) is 13.8. The summed E-state index contributed by atoms with van der Waals surface area (Å²) in [5, 5.41) is 20.9. The van der Waals surface area contributed by atoms with Gasteiger partial charge in [-0.05, 0) is 30.7 Å². The first-order chi connectivity index (χ1) is 9.08. The fourth-order valence-corrected chi connectivity index (χ4v) is 2.59. The van der Waals surface area contributed by atoms with Crippen molar-refractivity contribution < 1.29 is 19.8 Å². The predicted molar refractivity (Wildman–Crippen MR) is 76.1 cm³/mol. The summed E-state index contributed by atoms with van der Waals surface area (Å²) in [5.74, 6) is -2.04. The molecular formula is C14H18ClNO4. The maximum atomic E-state index is 11.3. The van der Waals surface area contributed by atoms with Crippen LogP contribution in [0.25, 0.3) is 0 Å². The molecule has 5 nitrogen and oxygen atoms in total. The number of nitrogens with one attached hydrogen (secondary N) is 1. The summed E-state index contributed by atoms with van der Waals surface area (Å²) in [4.78, 5) is 22.2. The molecule has 1 fully saturated rings. The number of carboxylic acids is 2. The van der Waals surface area contributed by atoms with Crippen LogP contribution in [0.1, 0.15) is 18.4 Å². The second kappa shape index (κ2) is 7.26. The molecule has 0 aliphatic carbocycles. The van der Waals surface area contributed by atoms with Crippen LogP contribution in [0.2, 0.25) is 0 Å². The number of hydrogen-bond donors (Lipinski definition) is 3. The van der Waals surface area contributed by atoms with Crippen LogP contribution in [0.5, 0.6) is 0 Å². The van der Waals surface area contributed by atoms with Crippen LogP contribution >= 0.6 is 12.4 Å². The number of piperidine rings is 1. The molecule has 0 aromatic heterocycles. The second-order valence-corrected chi connectivity index (χ2v) is 4.90. The van der Waals surface area contributed by atoms with Gasteiger partial charge in [-0.15, -0.1) is 12.4 Å². The van der Waals surface area contributed by atoms with Gasteiger partial charge in [-0.2, -0.15) is 0 Å². The molecule has 0 spiro atoms. The Hall–Kier alpha value is -1.59. The summed E-state index contributed by atoms with van der Waals surface area (Å²) in [5.41, 5.74) is 1.08. The third-order valence-electron chi connectivity index (χ3n) is 3.58. The van der Waals surface area contributed by atoms with Crippen LogP contribution in [0.3, 0.4) is 0 Å². The van der Waals surface area contributed by atoms with Crippen molar-refractivity contribution in [2.45, 2.75) is 31.3 Å². The summed E-state index contributed by atoms with van der Waals surface area (Å²) in [7, 11) is 0. The molecule has 3 atom stereocenters. The number of rotatable bonds is 4. The van der Waals surface area contributed by atoms with E-state index in [9.17, 15) is 14.7 Å². The molecule has 0 radical (unpaired) electrons. The second-order valence-electron chi connectivity index (χ2n) is 4.90. The van der Waals surface area contributed by atoms with Crippen molar-refractivity contribution in [3.63, 3.8) is 0 Å². The minimum Gasteiger partial charge on any atom is -0.480 e. The Bertz CT molecular complexity index is 466. The van der Waals surface area contributed by atoms with Gasteiger partial charge in [0, 0.05) is 0 Å². The maximum Gasteiger partial charge on any atom is 0.321 e. The van der Waals surface area contributed by atoms with Crippen LogP contribution in [0.4, 0.5) is 0 Å². The lowest BCUT2D eigenvalue weighted by Crippen LogP contribution is -2.55. The number of halogens is 1. The number of aliphatic carboxylic acids is 2. The SMILES string of the molecule is Cl.O=C(O)C1CCC(Cc2ccccc2)C(C(=O)O)N1. The topological polar surface area (TPSA) is 86.6 Å². The van der Waals surface area contributed by atoms with Crippen molar-refractivity contribution in [2.75, 3.05) is 0 Å². The Morgan fingerprint density at radius 1 is 1.10 bits per heavy atom. The Morgan fingerprint density at radius 2 is 1.75 bits per heavy atom. The van der Waals surface area contributed by atoms with Gasteiger partial charge in [-0.1, -0.05) is 30.3 Å².